The van der Waals surface area contributed by atoms with Gasteiger partial charge in [-0.1, -0.05) is 25.3 Å². The molecule has 0 radical (unpaired) electrons. The second-order valence-corrected chi connectivity index (χ2v) is 8.25. The standard InChI is InChI=1S/C21H30N2O2/c24-20(18-6-2-1-3-7-18)23-12-9-21(10-13-23)15-17(16-25-21)14-19-8-4-5-11-22-19/h4-5,8,11,17-18H,1-3,6-7,9-10,12-16H2. The second kappa shape index (κ2) is 7.45. The molecule has 1 unspecified atom stereocenters. The van der Waals surface area contributed by atoms with Crippen molar-refractivity contribution in [2.24, 2.45) is 11.8 Å². The molecule has 0 aromatic carbocycles. The maximum Gasteiger partial charge on any atom is 0.225 e. The molecule has 3 fully saturated rings. The third kappa shape index (κ3) is 3.89. The van der Waals surface area contributed by atoms with Crippen LogP contribution < -0.4 is 0 Å². The average molecular weight is 342 g/mol. The number of carbonyl (C=O) groups is 1. The quantitative estimate of drug-likeness (QED) is 0.843. The minimum Gasteiger partial charge on any atom is -0.375 e. The summed E-state index contributed by atoms with van der Waals surface area (Å²) >= 11 is 0. The monoisotopic (exact) mass is 342 g/mol. The molecule has 1 amide bonds. The first-order chi connectivity index (χ1) is 12.2. The van der Waals surface area contributed by atoms with Gasteiger partial charge in [-0.05, 0) is 56.6 Å². The first-order valence-electron chi connectivity index (χ1n) is 10.1. The van der Waals surface area contributed by atoms with Gasteiger partial charge in [-0.25, -0.2) is 0 Å². The van der Waals surface area contributed by atoms with Crippen molar-refractivity contribution in [3.63, 3.8) is 0 Å². The van der Waals surface area contributed by atoms with E-state index in [0.29, 0.717) is 17.7 Å². The van der Waals surface area contributed by atoms with E-state index in [1.807, 2.05) is 12.3 Å². The van der Waals surface area contributed by atoms with Crippen LogP contribution in [0.15, 0.2) is 24.4 Å². The van der Waals surface area contributed by atoms with E-state index in [1.165, 1.54) is 19.3 Å². The van der Waals surface area contributed by atoms with E-state index in [2.05, 4.69) is 22.0 Å². The Morgan fingerprint density at radius 1 is 1.20 bits per heavy atom. The van der Waals surface area contributed by atoms with Gasteiger partial charge in [0.1, 0.15) is 0 Å². The number of likely N-dealkylation sites (tertiary alicyclic amines) is 1. The smallest absolute Gasteiger partial charge is 0.225 e. The second-order valence-electron chi connectivity index (χ2n) is 8.25. The Morgan fingerprint density at radius 2 is 2.00 bits per heavy atom. The van der Waals surface area contributed by atoms with Gasteiger partial charge in [0.25, 0.3) is 0 Å². The molecule has 3 heterocycles. The molecular weight excluding hydrogens is 312 g/mol. The number of carbonyl (C=O) groups excluding carboxylic acids is 1. The molecule has 136 valence electrons. The zero-order valence-corrected chi connectivity index (χ0v) is 15.2. The van der Waals surface area contributed by atoms with Gasteiger partial charge in [0, 0.05) is 30.9 Å². The molecule has 25 heavy (non-hydrogen) atoms. The fraction of sp³-hybridized carbons (Fsp3) is 0.714. The summed E-state index contributed by atoms with van der Waals surface area (Å²) in [6.07, 6.45) is 12.0. The van der Waals surface area contributed by atoms with Gasteiger partial charge in [0.05, 0.1) is 12.2 Å². The van der Waals surface area contributed by atoms with Gasteiger partial charge >= 0.3 is 0 Å². The van der Waals surface area contributed by atoms with Gasteiger partial charge < -0.3 is 9.64 Å². The van der Waals surface area contributed by atoms with Crippen LogP contribution in [0.5, 0.6) is 0 Å². The Morgan fingerprint density at radius 3 is 2.72 bits per heavy atom. The predicted molar refractivity (Wildman–Crippen MR) is 97.1 cm³/mol. The third-order valence-corrected chi connectivity index (χ3v) is 6.45. The lowest BCUT2D eigenvalue weighted by atomic mass is 9.83. The molecule has 1 aromatic rings. The first-order valence-corrected chi connectivity index (χ1v) is 10.1. The topological polar surface area (TPSA) is 42.4 Å². The van der Waals surface area contributed by atoms with Crippen molar-refractivity contribution >= 4 is 5.91 Å². The summed E-state index contributed by atoms with van der Waals surface area (Å²) in [5.41, 5.74) is 1.18. The number of amides is 1. The molecule has 2 saturated heterocycles. The molecular formula is C21H30N2O2. The van der Waals surface area contributed by atoms with Crippen LogP contribution in [-0.2, 0) is 16.0 Å². The predicted octanol–water partition coefficient (Wildman–Crippen LogP) is 3.60. The largest absolute Gasteiger partial charge is 0.375 e. The summed E-state index contributed by atoms with van der Waals surface area (Å²) in [4.78, 5) is 19.3. The van der Waals surface area contributed by atoms with Gasteiger partial charge in [-0.2, -0.15) is 0 Å². The van der Waals surface area contributed by atoms with Crippen molar-refractivity contribution in [2.75, 3.05) is 19.7 Å². The molecule has 1 aliphatic carbocycles. The molecule has 2 aliphatic heterocycles. The van der Waals surface area contributed by atoms with Crippen molar-refractivity contribution in [1.29, 1.82) is 0 Å². The van der Waals surface area contributed by atoms with Crippen LogP contribution in [0.3, 0.4) is 0 Å². The average Bonchev–Trinajstić information content (AvgIpc) is 3.05. The normalized spacial score (nSPS) is 26.9. The minimum absolute atomic E-state index is 0.0167. The Bertz CT molecular complexity index is 575. The van der Waals surface area contributed by atoms with Crippen LogP contribution >= 0.6 is 0 Å². The summed E-state index contributed by atoms with van der Waals surface area (Å²) in [6.45, 7) is 2.60. The van der Waals surface area contributed by atoms with Crippen LogP contribution in [-0.4, -0.2) is 41.1 Å². The Labute approximate surface area is 151 Å². The number of rotatable bonds is 3. The van der Waals surface area contributed by atoms with E-state index >= 15 is 0 Å². The summed E-state index contributed by atoms with van der Waals surface area (Å²) in [6, 6.07) is 6.13. The fourth-order valence-corrected chi connectivity index (χ4v) is 4.98. The number of hydrogen-bond acceptors (Lipinski definition) is 3. The van der Waals surface area contributed by atoms with E-state index in [9.17, 15) is 4.79 Å². The molecule has 4 rings (SSSR count). The maximum atomic E-state index is 12.7. The molecule has 1 saturated carbocycles. The van der Waals surface area contributed by atoms with Crippen molar-refractivity contribution in [3.8, 4) is 0 Å². The fourth-order valence-electron chi connectivity index (χ4n) is 4.98. The number of piperidine rings is 1. The lowest BCUT2D eigenvalue weighted by molar-refractivity contribution is -0.141. The van der Waals surface area contributed by atoms with Crippen LogP contribution in [0, 0.1) is 11.8 Å². The molecule has 4 heteroatoms. The molecule has 1 spiro atoms. The SMILES string of the molecule is O=C(C1CCCCC1)N1CCC2(CC1)CC(Cc1ccccn1)CO2. The van der Waals surface area contributed by atoms with Gasteiger partial charge in [-0.3, -0.25) is 9.78 Å². The van der Waals surface area contributed by atoms with Crippen molar-refractivity contribution in [3.05, 3.63) is 30.1 Å². The van der Waals surface area contributed by atoms with Crippen molar-refractivity contribution in [2.45, 2.75) is 63.4 Å². The minimum atomic E-state index is 0.0167. The van der Waals surface area contributed by atoms with Crippen LogP contribution in [0.2, 0.25) is 0 Å². The Hall–Kier alpha value is -1.42. The highest BCUT2D eigenvalue weighted by molar-refractivity contribution is 5.79. The summed E-state index contributed by atoms with van der Waals surface area (Å²) in [5.74, 6) is 1.28. The van der Waals surface area contributed by atoms with E-state index in [1.54, 1.807) is 0 Å². The van der Waals surface area contributed by atoms with Crippen molar-refractivity contribution in [1.82, 2.24) is 9.88 Å². The zero-order chi connectivity index (χ0) is 17.1. The van der Waals surface area contributed by atoms with Crippen LogP contribution in [0.25, 0.3) is 0 Å². The lowest BCUT2D eigenvalue weighted by Crippen LogP contribution is -2.48. The van der Waals surface area contributed by atoms with E-state index < -0.39 is 0 Å². The highest BCUT2D eigenvalue weighted by Crippen LogP contribution is 2.40. The molecule has 0 bridgehead atoms. The lowest BCUT2D eigenvalue weighted by Gasteiger charge is -2.40. The first kappa shape index (κ1) is 17.0. The number of nitrogens with zero attached hydrogens (tertiary/aromatic N) is 2. The summed E-state index contributed by atoms with van der Waals surface area (Å²) in [7, 11) is 0. The van der Waals surface area contributed by atoms with Gasteiger partial charge in [-0.15, -0.1) is 0 Å². The highest BCUT2D eigenvalue weighted by Gasteiger charge is 2.43. The molecule has 0 N–H and O–H groups in total. The molecule has 3 aliphatic rings. The van der Waals surface area contributed by atoms with E-state index in [4.69, 9.17) is 4.74 Å². The van der Waals surface area contributed by atoms with Crippen LogP contribution in [0.4, 0.5) is 0 Å². The number of pyridine rings is 1. The van der Waals surface area contributed by atoms with Crippen LogP contribution in [0.1, 0.15) is 57.1 Å². The third-order valence-electron chi connectivity index (χ3n) is 6.45. The molecule has 1 atom stereocenters. The summed E-state index contributed by atoms with van der Waals surface area (Å²) < 4.78 is 6.27. The summed E-state index contributed by atoms with van der Waals surface area (Å²) in [5, 5.41) is 0. The Balaban J connectivity index is 1.29. The van der Waals surface area contributed by atoms with E-state index in [0.717, 1.165) is 63.9 Å². The number of hydrogen-bond donors (Lipinski definition) is 0. The zero-order valence-electron chi connectivity index (χ0n) is 15.2. The Kier molecular flexibility index (Phi) is 5.07. The van der Waals surface area contributed by atoms with Gasteiger partial charge in [0.15, 0.2) is 0 Å². The highest BCUT2D eigenvalue weighted by atomic mass is 16.5. The van der Waals surface area contributed by atoms with E-state index in [-0.39, 0.29) is 5.60 Å². The van der Waals surface area contributed by atoms with Gasteiger partial charge in [0.2, 0.25) is 5.91 Å². The molecule has 1 aromatic heterocycles. The molecule has 4 nitrogen and oxygen atoms in total. The maximum absolute atomic E-state index is 12.7. The van der Waals surface area contributed by atoms with Crippen molar-refractivity contribution < 1.29 is 9.53 Å². The number of aromatic nitrogens is 1. The number of ether oxygens (including phenoxy) is 1.